The van der Waals surface area contributed by atoms with Crippen molar-refractivity contribution in [3.63, 3.8) is 0 Å². The van der Waals surface area contributed by atoms with E-state index in [1.54, 1.807) is 0 Å². The van der Waals surface area contributed by atoms with Gasteiger partial charge in [-0.1, -0.05) is 18.2 Å². The van der Waals surface area contributed by atoms with Crippen LogP contribution < -0.4 is 0 Å². The Balaban J connectivity index is 1.37. The first-order valence-corrected chi connectivity index (χ1v) is 10.1. The Morgan fingerprint density at radius 3 is 2.78 bits per heavy atom. The lowest BCUT2D eigenvalue weighted by atomic mass is 9.79. The standard InChI is InChI=1S/C22H28N2O3/c1-15-4-3-5-17-19-13-23-14-24(19)18(21(15)17)12-20(25-2)16-6-8-22(9-7-16)26-10-11-27-22/h3-5,13-14,16,18,20H,6-12H2,1-2H3. The molecule has 3 heterocycles. The Bertz CT molecular complexity index is 815. The molecule has 1 aromatic heterocycles. The monoisotopic (exact) mass is 368 g/mol. The van der Waals surface area contributed by atoms with Gasteiger partial charge in [0, 0.05) is 25.5 Å². The summed E-state index contributed by atoms with van der Waals surface area (Å²) in [4.78, 5) is 4.41. The average molecular weight is 368 g/mol. The number of ether oxygens (including phenoxy) is 3. The molecule has 0 N–H and O–H groups in total. The SMILES string of the molecule is COC(CC1c2c(C)cccc2-c2cncn21)C1CCC2(CC1)OCCO2. The fourth-order valence-corrected chi connectivity index (χ4v) is 5.42. The van der Waals surface area contributed by atoms with Gasteiger partial charge in [0.05, 0.1) is 43.6 Å². The molecule has 0 bridgehead atoms. The summed E-state index contributed by atoms with van der Waals surface area (Å²) in [7, 11) is 1.86. The van der Waals surface area contributed by atoms with E-state index in [4.69, 9.17) is 14.2 Å². The van der Waals surface area contributed by atoms with Crippen LogP contribution in [0.15, 0.2) is 30.7 Å². The normalized spacial score (nSPS) is 24.9. The smallest absolute Gasteiger partial charge is 0.168 e. The average Bonchev–Trinajstić information content (AvgIpc) is 3.39. The fraction of sp³-hybridized carbons (Fsp3) is 0.591. The highest BCUT2D eigenvalue weighted by atomic mass is 16.7. The van der Waals surface area contributed by atoms with Crippen molar-refractivity contribution in [3.05, 3.63) is 41.9 Å². The van der Waals surface area contributed by atoms with E-state index in [-0.39, 0.29) is 11.9 Å². The predicted molar refractivity (Wildman–Crippen MR) is 103 cm³/mol. The first kappa shape index (κ1) is 17.4. The van der Waals surface area contributed by atoms with Gasteiger partial charge in [0.15, 0.2) is 5.79 Å². The van der Waals surface area contributed by atoms with Gasteiger partial charge in [-0.05, 0) is 43.2 Å². The predicted octanol–water partition coefficient (Wildman–Crippen LogP) is 4.10. The minimum Gasteiger partial charge on any atom is -0.381 e. The van der Waals surface area contributed by atoms with Gasteiger partial charge in [0.25, 0.3) is 0 Å². The van der Waals surface area contributed by atoms with Crippen molar-refractivity contribution in [2.24, 2.45) is 5.92 Å². The number of aryl methyl sites for hydroxylation is 1. The molecule has 5 rings (SSSR count). The summed E-state index contributed by atoms with van der Waals surface area (Å²) in [5, 5.41) is 0. The third kappa shape index (κ3) is 2.84. The molecule has 2 fully saturated rings. The molecule has 2 atom stereocenters. The van der Waals surface area contributed by atoms with Crippen molar-refractivity contribution in [2.45, 2.75) is 57.0 Å². The molecule has 0 amide bonds. The molecule has 144 valence electrons. The second-order valence-corrected chi connectivity index (χ2v) is 8.19. The van der Waals surface area contributed by atoms with Crippen LogP contribution >= 0.6 is 0 Å². The van der Waals surface area contributed by atoms with Crippen LogP contribution in [0, 0.1) is 12.8 Å². The number of nitrogens with zero attached hydrogens (tertiary/aromatic N) is 2. The summed E-state index contributed by atoms with van der Waals surface area (Å²) < 4.78 is 20.2. The number of aromatic nitrogens is 2. The van der Waals surface area contributed by atoms with Gasteiger partial charge >= 0.3 is 0 Å². The Labute approximate surface area is 160 Å². The van der Waals surface area contributed by atoms with Gasteiger partial charge < -0.3 is 18.8 Å². The highest BCUT2D eigenvalue weighted by molar-refractivity contribution is 5.70. The molecule has 1 aliphatic carbocycles. The van der Waals surface area contributed by atoms with Gasteiger partial charge in [0.2, 0.25) is 0 Å². The number of benzene rings is 1. The molecule has 5 heteroatoms. The third-order valence-electron chi connectivity index (χ3n) is 6.82. The molecule has 0 radical (unpaired) electrons. The fourth-order valence-electron chi connectivity index (χ4n) is 5.42. The van der Waals surface area contributed by atoms with Crippen molar-refractivity contribution < 1.29 is 14.2 Å². The summed E-state index contributed by atoms with van der Waals surface area (Å²) >= 11 is 0. The van der Waals surface area contributed by atoms with Crippen molar-refractivity contribution in [1.82, 2.24) is 9.55 Å². The Morgan fingerprint density at radius 2 is 2.04 bits per heavy atom. The molecule has 3 aliphatic rings. The number of hydrogen-bond donors (Lipinski definition) is 0. The number of hydrogen-bond acceptors (Lipinski definition) is 4. The molecule has 1 saturated heterocycles. The number of rotatable bonds is 4. The van der Waals surface area contributed by atoms with E-state index < -0.39 is 0 Å². The van der Waals surface area contributed by atoms with Crippen LogP contribution in [0.25, 0.3) is 11.3 Å². The molecule has 27 heavy (non-hydrogen) atoms. The molecular weight excluding hydrogens is 340 g/mol. The zero-order chi connectivity index (χ0) is 18.4. The van der Waals surface area contributed by atoms with E-state index in [0.717, 1.165) is 45.3 Å². The topological polar surface area (TPSA) is 45.5 Å². The van der Waals surface area contributed by atoms with Crippen molar-refractivity contribution in [1.29, 1.82) is 0 Å². The lowest BCUT2D eigenvalue weighted by molar-refractivity contribution is -0.188. The molecule has 1 spiro atoms. The number of fused-ring (bicyclic) bond motifs is 3. The van der Waals surface area contributed by atoms with Gasteiger partial charge in [-0.3, -0.25) is 0 Å². The summed E-state index contributed by atoms with van der Waals surface area (Å²) in [5.41, 5.74) is 5.34. The largest absolute Gasteiger partial charge is 0.381 e. The summed E-state index contributed by atoms with van der Waals surface area (Å²) in [6.45, 7) is 3.69. The Hall–Kier alpha value is -1.69. The number of imidazole rings is 1. The molecule has 2 aliphatic heterocycles. The molecule has 1 aromatic carbocycles. The van der Waals surface area contributed by atoms with E-state index in [1.807, 2.05) is 19.6 Å². The van der Waals surface area contributed by atoms with E-state index >= 15 is 0 Å². The lowest BCUT2D eigenvalue weighted by Crippen LogP contribution is -2.39. The third-order valence-corrected chi connectivity index (χ3v) is 6.82. The number of methoxy groups -OCH3 is 1. The minimum atomic E-state index is -0.303. The maximum absolute atomic E-state index is 6.03. The summed E-state index contributed by atoms with van der Waals surface area (Å²) in [6.07, 6.45) is 9.33. The molecule has 1 saturated carbocycles. The van der Waals surface area contributed by atoms with Crippen LogP contribution in [0.5, 0.6) is 0 Å². The van der Waals surface area contributed by atoms with Gasteiger partial charge in [-0.2, -0.15) is 0 Å². The zero-order valence-corrected chi connectivity index (χ0v) is 16.2. The first-order valence-electron chi connectivity index (χ1n) is 10.1. The highest BCUT2D eigenvalue weighted by Gasteiger charge is 2.43. The maximum atomic E-state index is 6.03. The van der Waals surface area contributed by atoms with E-state index in [9.17, 15) is 0 Å². The Kier molecular flexibility index (Phi) is 4.34. The van der Waals surface area contributed by atoms with Gasteiger partial charge in [-0.15, -0.1) is 0 Å². The molecular formula is C22H28N2O3. The molecule has 2 aromatic rings. The van der Waals surface area contributed by atoms with Crippen molar-refractivity contribution in [3.8, 4) is 11.3 Å². The Morgan fingerprint density at radius 1 is 1.26 bits per heavy atom. The van der Waals surface area contributed by atoms with Crippen molar-refractivity contribution >= 4 is 0 Å². The lowest BCUT2D eigenvalue weighted by Gasteiger charge is -2.38. The quantitative estimate of drug-likeness (QED) is 0.815. The van der Waals surface area contributed by atoms with Gasteiger partial charge in [0.1, 0.15) is 0 Å². The zero-order valence-electron chi connectivity index (χ0n) is 16.2. The second-order valence-electron chi connectivity index (χ2n) is 8.19. The minimum absolute atomic E-state index is 0.231. The molecule has 5 nitrogen and oxygen atoms in total. The van der Waals surface area contributed by atoms with Crippen LogP contribution in [0.2, 0.25) is 0 Å². The summed E-state index contributed by atoms with van der Waals surface area (Å²) in [5.74, 6) is 0.247. The maximum Gasteiger partial charge on any atom is 0.168 e. The summed E-state index contributed by atoms with van der Waals surface area (Å²) in [6, 6.07) is 6.88. The van der Waals surface area contributed by atoms with E-state index in [0.29, 0.717) is 12.0 Å². The van der Waals surface area contributed by atoms with Crippen LogP contribution in [0.4, 0.5) is 0 Å². The van der Waals surface area contributed by atoms with Crippen LogP contribution in [-0.2, 0) is 14.2 Å². The molecule has 2 unspecified atom stereocenters. The van der Waals surface area contributed by atoms with Crippen LogP contribution in [-0.4, -0.2) is 41.8 Å². The van der Waals surface area contributed by atoms with Crippen LogP contribution in [0.1, 0.15) is 49.3 Å². The highest BCUT2D eigenvalue weighted by Crippen LogP contribution is 2.46. The van der Waals surface area contributed by atoms with Crippen molar-refractivity contribution in [2.75, 3.05) is 20.3 Å². The van der Waals surface area contributed by atoms with E-state index in [1.165, 1.54) is 22.4 Å². The second kappa shape index (κ2) is 6.73. The van der Waals surface area contributed by atoms with Gasteiger partial charge in [-0.25, -0.2) is 4.98 Å². The van der Waals surface area contributed by atoms with E-state index in [2.05, 4.69) is 34.7 Å². The first-order chi connectivity index (χ1) is 13.2. The van der Waals surface area contributed by atoms with Crippen LogP contribution in [0.3, 0.4) is 0 Å².